The molecule has 0 spiro atoms. The number of nitrogens with zero attached hydrogens (tertiary/aromatic N) is 4. The molecule has 2 aromatic heterocycles. The zero-order valence-electron chi connectivity index (χ0n) is 8.84. The summed E-state index contributed by atoms with van der Waals surface area (Å²) < 4.78 is 7.75. The Labute approximate surface area is 105 Å². The monoisotopic (exact) mass is 296 g/mol. The number of fused-ring (bicyclic) bond motifs is 1. The number of hydrogen-bond acceptors (Lipinski definition) is 4. The molecule has 0 saturated carbocycles. The van der Waals surface area contributed by atoms with Gasteiger partial charge in [-0.25, -0.2) is 0 Å². The Kier molecular flexibility index (Phi) is 2.47. The number of carbonyl (C=O) groups excluding carboxylic acids is 1. The smallest absolute Gasteiger partial charge is 0.290 e. The van der Waals surface area contributed by atoms with Gasteiger partial charge in [0.25, 0.3) is 5.91 Å². The fourth-order valence-electron chi connectivity index (χ4n) is 1.82. The van der Waals surface area contributed by atoms with Gasteiger partial charge < -0.3 is 13.9 Å². The van der Waals surface area contributed by atoms with Crippen LogP contribution in [0.2, 0.25) is 0 Å². The number of amides is 1. The average Bonchev–Trinajstić information content (AvgIpc) is 2.95. The zero-order chi connectivity index (χ0) is 11.8. The van der Waals surface area contributed by atoms with E-state index in [4.69, 9.17) is 4.42 Å². The Bertz CT molecular complexity index is 562. The Morgan fingerprint density at radius 1 is 1.41 bits per heavy atom. The maximum Gasteiger partial charge on any atom is 0.290 e. The third-order valence-electron chi connectivity index (χ3n) is 2.71. The third-order valence-corrected chi connectivity index (χ3v) is 3.14. The van der Waals surface area contributed by atoms with E-state index in [1.165, 1.54) is 0 Å². The Morgan fingerprint density at radius 3 is 3.06 bits per heavy atom. The summed E-state index contributed by atoms with van der Waals surface area (Å²) in [6.45, 7) is 1.83. The highest BCUT2D eigenvalue weighted by Crippen LogP contribution is 2.18. The minimum absolute atomic E-state index is 0.120. The van der Waals surface area contributed by atoms with Crippen LogP contribution in [0.15, 0.2) is 27.5 Å². The number of hydrogen-bond donors (Lipinski definition) is 0. The number of carbonyl (C=O) groups is 1. The van der Waals surface area contributed by atoms with E-state index >= 15 is 0 Å². The first-order valence-corrected chi connectivity index (χ1v) is 5.94. The normalized spacial score (nSPS) is 14.8. The van der Waals surface area contributed by atoms with Gasteiger partial charge in [0.1, 0.15) is 6.33 Å². The van der Waals surface area contributed by atoms with E-state index in [-0.39, 0.29) is 5.91 Å². The standard InChI is InChI=1S/C10H9BrN4O2/c11-8-2-1-7(17-8)10(16)14-3-4-15-6-12-13-9(15)5-14/h1-2,6H,3-5H2. The highest BCUT2D eigenvalue weighted by molar-refractivity contribution is 9.10. The van der Waals surface area contributed by atoms with Crippen LogP contribution in [0.1, 0.15) is 16.4 Å². The first kappa shape index (κ1) is 10.5. The van der Waals surface area contributed by atoms with Gasteiger partial charge in [-0.3, -0.25) is 4.79 Å². The predicted octanol–water partition coefficient (Wildman–Crippen LogP) is 1.29. The SMILES string of the molecule is O=C(c1ccc(Br)o1)N1CCn2cnnc2C1. The summed E-state index contributed by atoms with van der Waals surface area (Å²) in [7, 11) is 0. The molecule has 3 rings (SSSR count). The maximum absolute atomic E-state index is 12.1. The molecule has 1 amide bonds. The van der Waals surface area contributed by atoms with Gasteiger partial charge in [0.05, 0.1) is 6.54 Å². The second-order valence-corrected chi connectivity index (χ2v) is 4.55. The molecule has 2 aromatic rings. The average molecular weight is 297 g/mol. The fraction of sp³-hybridized carbons (Fsp3) is 0.300. The molecule has 0 unspecified atom stereocenters. The van der Waals surface area contributed by atoms with Gasteiger partial charge in [0, 0.05) is 13.1 Å². The molecule has 0 aromatic carbocycles. The van der Waals surface area contributed by atoms with Crippen LogP contribution in [-0.4, -0.2) is 32.1 Å². The highest BCUT2D eigenvalue weighted by atomic mass is 79.9. The van der Waals surface area contributed by atoms with Crippen molar-refractivity contribution in [3.8, 4) is 0 Å². The third kappa shape index (κ3) is 1.86. The molecule has 6 nitrogen and oxygen atoms in total. The van der Waals surface area contributed by atoms with Crippen molar-refractivity contribution in [3.05, 3.63) is 34.7 Å². The van der Waals surface area contributed by atoms with Crippen LogP contribution in [-0.2, 0) is 13.1 Å². The fourth-order valence-corrected chi connectivity index (χ4v) is 2.13. The molecule has 0 fully saturated rings. The van der Waals surface area contributed by atoms with Gasteiger partial charge in [0.15, 0.2) is 16.3 Å². The lowest BCUT2D eigenvalue weighted by molar-refractivity contribution is 0.0673. The minimum atomic E-state index is -0.120. The van der Waals surface area contributed by atoms with E-state index in [0.29, 0.717) is 23.5 Å². The quantitative estimate of drug-likeness (QED) is 0.795. The molecular formula is C10H9BrN4O2. The largest absolute Gasteiger partial charge is 0.444 e. The Morgan fingerprint density at radius 2 is 2.29 bits per heavy atom. The molecule has 0 radical (unpaired) electrons. The molecule has 0 atom stereocenters. The van der Waals surface area contributed by atoms with Crippen molar-refractivity contribution in [2.75, 3.05) is 6.54 Å². The van der Waals surface area contributed by atoms with E-state index < -0.39 is 0 Å². The lowest BCUT2D eigenvalue weighted by Crippen LogP contribution is -2.38. The summed E-state index contributed by atoms with van der Waals surface area (Å²) in [5.74, 6) is 1.02. The van der Waals surface area contributed by atoms with Crippen molar-refractivity contribution in [1.29, 1.82) is 0 Å². The van der Waals surface area contributed by atoms with Crippen molar-refractivity contribution in [2.24, 2.45) is 0 Å². The zero-order valence-corrected chi connectivity index (χ0v) is 10.4. The minimum Gasteiger partial charge on any atom is -0.444 e. The van der Waals surface area contributed by atoms with E-state index in [0.717, 1.165) is 12.4 Å². The van der Waals surface area contributed by atoms with Crippen LogP contribution in [0.5, 0.6) is 0 Å². The van der Waals surface area contributed by atoms with Crippen LogP contribution in [0.3, 0.4) is 0 Å². The van der Waals surface area contributed by atoms with Gasteiger partial charge in [0.2, 0.25) is 0 Å². The summed E-state index contributed by atoms with van der Waals surface area (Å²) in [6.07, 6.45) is 1.68. The molecule has 0 saturated heterocycles. The van der Waals surface area contributed by atoms with Crippen molar-refractivity contribution < 1.29 is 9.21 Å². The second kappa shape index (κ2) is 3.99. The molecular weight excluding hydrogens is 288 g/mol. The van der Waals surface area contributed by atoms with E-state index in [9.17, 15) is 4.79 Å². The van der Waals surface area contributed by atoms with Crippen LogP contribution in [0.25, 0.3) is 0 Å². The molecule has 7 heteroatoms. The molecule has 0 N–H and O–H groups in total. The number of aromatic nitrogens is 3. The van der Waals surface area contributed by atoms with Crippen molar-refractivity contribution in [1.82, 2.24) is 19.7 Å². The van der Waals surface area contributed by atoms with Gasteiger partial charge in [-0.05, 0) is 28.1 Å². The molecule has 17 heavy (non-hydrogen) atoms. The van der Waals surface area contributed by atoms with E-state index in [1.54, 1.807) is 23.4 Å². The lowest BCUT2D eigenvalue weighted by atomic mass is 10.3. The molecule has 1 aliphatic rings. The first-order chi connectivity index (χ1) is 8.24. The Hall–Kier alpha value is -1.63. The van der Waals surface area contributed by atoms with Crippen molar-refractivity contribution >= 4 is 21.8 Å². The topological polar surface area (TPSA) is 64.2 Å². The van der Waals surface area contributed by atoms with Crippen molar-refractivity contribution in [2.45, 2.75) is 13.1 Å². The van der Waals surface area contributed by atoms with Gasteiger partial charge in [-0.15, -0.1) is 10.2 Å². The highest BCUT2D eigenvalue weighted by Gasteiger charge is 2.24. The molecule has 1 aliphatic heterocycles. The van der Waals surface area contributed by atoms with E-state index in [1.807, 2.05) is 4.57 Å². The predicted molar refractivity (Wildman–Crippen MR) is 61.2 cm³/mol. The maximum atomic E-state index is 12.1. The van der Waals surface area contributed by atoms with E-state index in [2.05, 4.69) is 26.1 Å². The molecule has 88 valence electrons. The second-order valence-electron chi connectivity index (χ2n) is 3.77. The molecule has 3 heterocycles. The lowest BCUT2D eigenvalue weighted by Gasteiger charge is -2.26. The first-order valence-electron chi connectivity index (χ1n) is 5.15. The summed E-state index contributed by atoms with van der Waals surface area (Å²) in [6, 6.07) is 3.37. The Balaban J connectivity index is 1.81. The summed E-state index contributed by atoms with van der Waals surface area (Å²) >= 11 is 3.18. The summed E-state index contributed by atoms with van der Waals surface area (Å²) in [5, 5.41) is 7.79. The van der Waals surface area contributed by atoms with Crippen molar-refractivity contribution in [3.63, 3.8) is 0 Å². The molecule has 0 bridgehead atoms. The summed E-state index contributed by atoms with van der Waals surface area (Å²) in [4.78, 5) is 13.8. The van der Waals surface area contributed by atoms with Gasteiger partial charge in [-0.1, -0.05) is 0 Å². The van der Waals surface area contributed by atoms with Crippen LogP contribution in [0.4, 0.5) is 0 Å². The number of rotatable bonds is 1. The number of furan rings is 1. The van der Waals surface area contributed by atoms with Gasteiger partial charge >= 0.3 is 0 Å². The number of halogens is 1. The summed E-state index contributed by atoms with van der Waals surface area (Å²) in [5.41, 5.74) is 0. The van der Waals surface area contributed by atoms with Crippen LogP contribution >= 0.6 is 15.9 Å². The van der Waals surface area contributed by atoms with Crippen LogP contribution in [0, 0.1) is 0 Å². The molecule has 0 aliphatic carbocycles. The van der Waals surface area contributed by atoms with Gasteiger partial charge in [-0.2, -0.15) is 0 Å². The van der Waals surface area contributed by atoms with Crippen LogP contribution < -0.4 is 0 Å².